The highest BCUT2D eigenvalue weighted by Gasteiger charge is 2.28. The molecule has 1 amide bonds. The molecule has 7 nitrogen and oxygen atoms in total. The standard InChI is InChI=1S/C25H26N4O3S/c1-14(2)32-22-9-6-15(10-16(22)11-26)25-28-12-23(33-25)19-5-3-4-18-17(19)7-8-21(18)29-24(31)20(27)13-30/h3-6,9-10,12,14,20-21,30H,7-8,13,27H2,1-2H3,(H,29,31)/t20-,21+/m0/s1. The van der Waals surface area contributed by atoms with E-state index < -0.39 is 6.04 Å². The number of hydrogen-bond donors (Lipinski definition) is 3. The monoisotopic (exact) mass is 462 g/mol. The number of amides is 1. The van der Waals surface area contributed by atoms with E-state index in [1.54, 1.807) is 11.3 Å². The molecule has 0 bridgehead atoms. The van der Waals surface area contributed by atoms with Crippen LogP contribution in [-0.4, -0.2) is 34.8 Å². The summed E-state index contributed by atoms with van der Waals surface area (Å²) in [5, 5.41) is 22.4. The van der Waals surface area contributed by atoms with Crippen LogP contribution in [-0.2, 0) is 11.2 Å². The lowest BCUT2D eigenvalue weighted by molar-refractivity contribution is -0.123. The molecule has 0 unspecified atom stereocenters. The Kier molecular flexibility index (Phi) is 6.75. The first kappa shape index (κ1) is 22.9. The number of thiazole rings is 1. The fourth-order valence-electron chi connectivity index (χ4n) is 4.04. The molecule has 0 saturated carbocycles. The van der Waals surface area contributed by atoms with Crippen molar-refractivity contribution in [2.45, 2.75) is 44.9 Å². The van der Waals surface area contributed by atoms with Crippen molar-refractivity contribution in [2.75, 3.05) is 6.61 Å². The largest absolute Gasteiger partial charge is 0.490 e. The van der Waals surface area contributed by atoms with Gasteiger partial charge in [-0.3, -0.25) is 4.79 Å². The van der Waals surface area contributed by atoms with Crippen molar-refractivity contribution in [1.29, 1.82) is 5.26 Å². The summed E-state index contributed by atoms with van der Waals surface area (Å²) in [5.74, 6) is 0.224. The summed E-state index contributed by atoms with van der Waals surface area (Å²) < 4.78 is 5.72. The van der Waals surface area contributed by atoms with Gasteiger partial charge in [0.2, 0.25) is 5.91 Å². The zero-order valence-electron chi connectivity index (χ0n) is 18.5. The zero-order valence-corrected chi connectivity index (χ0v) is 19.4. The minimum absolute atomic E-state index is 0.0115. The number of nitrogens with two attached hydrogens (primary N) is 1. The van der Waals surface area contributed by atoms with Crippen LogP contribution in [0.2, 0.25) is 0 Å². The third-order valence-electron chi connectivity index (χ3n) is 5.60. The molecule has 1 aromatic heterocycles. The number of ether oxygens (including phenoxy) is 1. The van der Waals surface area contributed by atoms with Crippen LogP contribution < -0.4 is 15.8 Å². The normalized spacial score (nSPS) is 15.7. The summed E-state index contributed by atoms with van der Waals surface area (Å²) >= 11 is 1.57. The number of fused-ring (bicyclic) bond motifs is 1. The van der Waals surface area contributed by atoms with Gasteiger partial charge in [-0.25, -0.2) is 4.98 Å². The Hall–Kier alpha value is -3.25. The maximum absolute atomic E-state index is 12.2. The van der Waals surface area contributed by atoms with Crippen LogP contribution in [0.25, 0.3) is 21.0 Å². The first-order valence-corrected chi connectivity index (χ1v) is 11.7. The van der Waals surface area contributed by atoms with Gasteiger partial charge in [0.15, 0.2) is 0 Å². The molecular weight excluding hydrogens is 436 g/mol. The van der Waals surface area contributed by atoms with Crippen LogP contribution in [0.1, 0.15) is 43.0 Å². The van der Waals surface area contributed by atoms with Gasteiger partial charge in [-0.05, 0) is 61.6 Å². The van der Waals surface area contributed by atoms with Crippen molar-refractivity contribution in [2.24, 2.45) is 5.73 Å². The summed E-state index contributed by atoms with van der Waals surface area (Å²) in [7, 11) is 0. The third kappa shape index (κ3) is 4.76. The third-order valence-corrected chi connectivity index (χ3v) is 6.68. The molecule has 3 aromatic rings. The quantitative estimate of drug-likeness (QED) is 0.494. The average Bonchev–Trinajstić information content (AvgIpc) is 3.46. The van der Waals surface area contributed by atoms with Crippen LogP contribution >= 0.6 is 11.3 Å². The Balaban J connectivity index is 1.61. The first-order valence-electron chi connectivity index (χ1n) is 10.9. The molecule has 0 fully saturated rings. The average molecular weight is 463 g/mol. The van der Waals surface area contributed by atoms with E-state index in [0.717, 1.165) is 39.4 Å². The van der Waals surface area contributed by atoms with E-state index >= 15 is 0 Å². The van der Waals surface area contributed by atoms with Gasteiger partial charge >= 0.3 is 0 Å². The van der Waals surface area contributed by atoms with Crippen LogP contribution in [0, 0.1) is 11.3 Å². The van der Waals surface area contributed by atoms with Gasteiger partial charge in [-0.1, -0.05) is 18.2 Å². The summed E-state index contributed by atoms with van der Waals surface area (Å²) in [6, 6.07) is 12.8. The second kappa shape index (κ2) is 9.71. The fourth-order valence-corrected chi connectivity index (χ4v) is 5.00. The van der Waals surface area contributed by atoms with Crippen molar-refractivity contribution in [3.05, 3.63) is 59.3 Å². The summed E-state index contributed by atoms with van der Waals surface area (Å²) in [5.41, 5.74) is 10.4. The van der Waals surface area contributed by atoms with Crippen LogP contribution in [0.3, 0.4) is 0 Å². The molecule has 4 N–H and O–H groups in total. The van der Waals surface area contributed by atoms with Gasteiger partial charge in [0, 0.05) is 11.8 Å². The van der Waals surface area contributed by atoms with Gasteiger partial charge in [-0.2, -0.15) is 5.26 Å². The van der Waals surface area contributed by atoms with Crippen LogP contribution in [0.4, 0.5) is 0 Å². The molecule has 2 aromatic carbocycles. The van der Waals surface area contributed by atoms with Gasteiger partial charge < -0.3 is 20.9 Å². The molecule has 1 aliphatic carbocycles. The molecule has 33 heavy (non-hydrogen) atoms. The van der Waals surface area contributed by atoms with E-state index in [9.17, 15) is 10.1 Å². The number of nitriles is 1. The molecule has 8 heteroatoms. The zero-order chi connectivity index (χ0) is 23.5. The van der Waals surface area contributed by atoms with Gasteiger partial charge in [0.25, 0.3) is 0 Å². The summed E-state index contributed by atoms with van der Waals surface area (Å²) in [6.45, 7) is 3.47. The Morgan fingerprint density at radius 3 is 2.94 bits per heavy atom. The Morgan fingerprint density at radius 1 is 1.39 bits per heavy atom. The minimum Gasteiger partial charge on any atom is -0.490 e. The van der Waals surface area contributed by atoms with Crippen LogP contribution in [0.5, 0.6) is 5.75 Å². The maximum atomic E-state index is 12.2. The minimum atomic E-state index is -0.920. The molecule has 4 rings (SSSR count). The Labute approximate surface area is 196 Å². The van der Waals surface area contributed by atoms with E-state index in [1.807, 2.05) is 50.4 Å². The number of aromatic nitrogens is 1. The maximum Gasteiger partial charge on any atom is 0.239 e. The lowest BCUT2D eigenvalue weighted by Crippen LogP contribution is -2.44. The molecule has 170 valence electrons. The number of rotatable bonds is 7. The molecular formula is C25H26N4O3S. The van der Waals surface area contributed by atoms with Gasteiger partial charge in [-0.15, -0.1) is 11.3 Å². The number of carbonyl (C=O) groups excluding carboxylic acids is 1. The number of nitrogens with zero attached hydrogens (tertiary/aromatic N) is 2. The first-order chi connectivity index (χ1) is 15.9. The molecule has 1 heterocycles. The number of hydrogen-bond acceptors (Lipinski definition) is 7. The number of carbonyl (C=O) groups is 1. The molecule has 0 radical (unpaired) electrons. The summed E-state index contributed by atoms with van der Waals surface area (Å²) in [4.78, 5) is 17.8. The molecule has 2 atom stereocenters. The predicted molar refractivity (Wildman–Crippen MR) is 128 cm³/mol. The van der Waals surface area contributed by atoms with E-state index in [-0.39, 0.29) is 24.7 Å². The second-order valence-corrected chi connectivity index (χ2v) is 9.31. The number of aliphatic hydroxyl groups excluding tert-OH is 1. The Bertz CT molecular complexity index is 1210. The highest BCUT2D eigenvalue weighted by molar-refractivity contribution is 7.18. The van der Waals surface area contributed by atoms with Crippen molar-refractivity contribution >= 4 is 17.2 Å². The summed E-state index contributed by atoms with van der Waals surface area (Å²) in [6.07, 6.45) is 3.46. The van der Waals surface area contributed by atoms with E-state index in [1.165, 1.54) is 5.56 Å². The fraction of sp³-hybridized carbons (Fsp3) is 0.320. The molecule has 0 spiro atoms. The smallest absolute Gasteiger partial charge is 0.239 e. The Morgan fingerprint density at radius 2 is 2.21 bits per heavy atom. The van der Waals surface area contributed by atoms with Crippen molar-refractivity contribution in [3.8, 4) is 32.8 Å². The topological polar surface area (TPSA) is 121 Å². The molecule has 0 aliphatic heterocycles. The predicted octanol–water partition coefficient (Wildman–Crippen LogP) is 3.56. The van der Waals surface area contributed by atoms with Gasteiger partial charge in [0.1, 0.15) is 22.9 Å². The second-order valence-electron chi connectivity index (χ2n) is 8.28. The van der Waals surface area contributed by atoms with E-state index in [2.05, 4.69) is 22.4 Å². The SMILES string of the molecule is CC(C)Oc1ccc(-c2ncc(-c3cccc4c3CC[C@H]4NC(=O)[C@@H](N)CO)s2)cc1C#N. The van der Waals surface area contributed by atoms with E-state index in [4.69, 9.17) is 15.6 Å². The van der Waals surface area contributed by atoms with Crippen LogP contribution in [0.15, 0.2) is 42.6 Å². The van der Waals surface area contributed by atoms with Crippen molar-refractivity contribution in [3.63, 3.8) is 0 Å². The van der Waals surface area contributed by atoms with Gasteiger partial charge in [0.05, 0.1) is 29.2 Å². The molecule has 0 saturated heterocycles. The van der Waals surface area contributed by atoms with Crippen molar-refractivity contribution < 1.29 is 14.6 Å². The highest BCUT2D eigenvalue weighted by atomic mass is 32.1. The number of benzene rings is 2. The highest BCUT2D eigenvalue weighted by Crippen LogP contribution is 2.41. The number of nitrogens with one attached hydrogen (secondary N) is 1. The van der Waals surface area contributed by atoms with E-state index in [0.29, 0.717) is 11.3 Å². The lowest BCUT2D eigenvalue weighted by Gasteiger charge is -2.17. The lowest BCUT2D eigenvalue weighted by atomic mass is 10.0. The van der Waals surface area contributed by atoms with Crippen molar-refractivity contribution in [1.82, 2.24) is 10.3 Å². The number of aliphatic hydroxyl groups is 1. The molecule has 1 aliphatic rings.